The van der Waals surface area contributed by atoms with E-state index in [1.165, 1.54) is 25.6 Å². The van der Waals surface area contributed by atoms with Gasteiger partial charge in [-0.15, -0.1) is 0 Å². The second kappa shape index (κ2) is 7.19. The number of nitro groups is 1. The van der Waals surface area contributed by atoms with E-state index in [2.05, 4.69) is 15.3 Å². The average molecular weight is 293 g/mol. The van der Waals surface area contributed by atoms with Crippen LogP contribution in [0.4, 0.5) is 17.3 Å². The van der Waals surface area contributed by atoms with E-state index in [4.69, 9.17) is 0 Å². The molecule has 0 spiro atoms. The molecular formula is C14H23N5O2. The summed E-state index contributed by atoms with van der Waals surface area (Å²) >= 11 is 0. The van der Waals surface area contributed by atoms with Gasteiger partial charge in [-0.3, -0.25) is 10.1 Å². The van der Waals surface area contributed by atoms with E-state index in [1.807, 2.05) is 18.7 Å². The Hall–Kier alpha value is -1.92. The van der Waals surface area contributed by atoms with Gasteiger partial charge in [0.2, 0.25) is 11.6 Å². The molecule has 0 aromatic carbocycles. The second-order valence-electron chi connectivity index (χ2n) is 5.41. The Balaban J connectivity index is 2.28. The number of aromatic nitrogens is 2. The van der Waals surface area contributed by atoms with Gasteiger partial charge in [0.25, 0.3) is 0 Å². The minimum Gasteiger partial charge on any atom is -0.364 e. The van der Waals surface area contributed by atoms with Gasteiger partial charge < -0.3 is 10.2 Å². The summed E-state index contributed by atoms with van der Waals surface area (Å²) in [5.74, 6) is 1.38. The third kappa shape index (κ3) is 3.59. The van der Waals surface area contributed by atoms with Crippen LogP contribution in [0.25, 0.3) is 0 Å². The van der Waals surface area contributed by atoms with Gasteiger partial charge in [0.05, 0.1) is 4.92 Å². The Morgan fingerprint density at radius 1 is 1.43 bits per heavy atom. The van der Waals surface area contributed by atoms with Crippen molar-refractivity contribution in [3.05, 3.63) is 16.4 Å². The summed E-state index contributed by atoms with van der Waals surface area (Å²) in [5.41, 5.74) is -0.00729. The van der Waals surface area contributed by atoms with Gasteiger partial charge in [-0.05, 0) is 32.1 Å². The average Bonchev–Trinajstić information content (AvgIpc) is 2.43. The number of rotatable bonds is 8. The summed E-state index contributed by atoms with van der Waals surface area (Å²) < 4.78 is 0. The maximum atomic E-state index is 11.5. The van der Waals surface area contributed by atoms with Crippen molar-refractivity contribution in [2.24, 2.45) is 5.92 Å². The minimum absolute atomic E-state index is 0.00729. The normalized spacial score (nSPS) is 14.6. The number of anilines is 2. The van der Waals surface area contributed by atoms with Crippen LogP contribution in [0, 0.1) is 16.0 Å². The Kier molecular flexibility index (Phi) is 5.30. The highest BCUT2D eigenvalue weighted by atomic mass is 16.6. The molecule has 7 heteroatoms. The smallest absolute Gasteiger partial charge is 0.353 e. The fourth-order valence-electron chi connectivity index (χ4n) is 2.49. The van der Waals surface area contributed by atoms with E-state index in [0.717, 1.165) is 13.0 Å². The van der Waals surface area contributed by atoms with Crippen molar-refractivity contribution in [1.82, 2.24) is 9.97 Å². The van der Waals surface area contributed by atoms with Crippen LogP contribution < -0.4 is 10.2 Å². The number of hydrogen-bond acceptors (Lipinski definition) is 6. The lowest BCUT2D eigenvalue weighted by Gasteiger charge is -2.32. The molecule has 1 aromatic rings. The van der Waals surface area contributed by atoms with Crippen LogP contribution in [0.2, 0.25) is 0 Å². The predicted molar refractivity (Wildman–Crippen MR) is 82.7 cm³/mol. The van der Waals surface area contributed by atoms with E-state index in [9.17, 15) is 10.1 Å². The molecule has 1 N–H and O–H groups in total. The van der Waals surface area contributed by atoms with Crippen molar-refractivity contribution < 1.29 is 4.92 Å². The zero-order chi connectivity index (χ0) is 15.2. The van der Waals surface area contributed by atoms with E-state index in [1.54, 1.807) is 0 Å². The largest absolute Gasteiger partial charge is 0.364 e. The fraction of sp³-hybridized carbons (Fsp3) is 0.714. The van der Waals surface area contributed by atoms with Crippen molar-refractivity contribution in [1.29, 1.82) is 0 Å². The minimum atomic E-state index is -0.378. The third-order valence-corrected chi connectivity index (χ3v) is 3.91. The van der Waals surface area contributed by atoms with Crippen LogP contribution in [0.3, 0.4) is 0 Å². The van der Waals surface area contributed by atoms with Gasteiger partial charge in [-0.25, -0.2) is 9.97 Å². The van der Waals surface area contributed by atoms with Crippen molar-refractivity contribution >= 4 is 17.3 Å². The van der Waals surface area contributed by atoms with Crippen molar-refractivity contribution in [3.8, 4) is 0 Å². The van der Waals surface area contributed by atoms with Crippen LogP contribution in [-0.2, 0) is 0 Å². The van der Waals surface area contributed by atoms with E-state index < -0.39 is 0 Å². The highest BCUT2D eigenvalue weighted by Crippen LogP contribution is 2.34. The number of nitrogens with one attached hydrogen (secondary N) is 1. The molecular weight excluding hydrogens is 270 g/mol. The van der Waals surface area contributed by atoms with Crippen LogP contribution in [0.15, 0.2) is 6.33 Å². The second-order valence-corrected chi connectivity index (χ2v) is 5.41. The summed E-state index contributed by atoms with van der Waals surface area (Å²) in [7, 11) is 0. The molecule has 0 bridgehead atoms. The molecule has 0 unspecified atom stereocenters. The first-order valence-corrected chi connectivity index (χ1v) is 7.65. The third-order valence-electron chi connectivity index (χ3n) is 3.91. The molecule has 0 aliphatic heterocycles. The summed E-state index contributed by atoms with van der Waals surface area (Å²) in [6.07, 6.45) is 5.96. The maximum Gasteiger partial charge on any atom is 0.353 e. The molecule has 0 saturated heterocycles. The lowest BCUT2D eigenvalue weighted by atomic mass is 9.85. The van der Waals surface area contributed by atoms with Gasteiger partial charge in [0.1, 0.15) is 6.33 Å². The first-order valence-electron chi connectivity index (χ1n) is 7.65. The van der Waals surface area contributed by atoms with Crippen LogP contribution in [0.1, 0.15) is 39.5 Å². The standard InChI is InChI=1S/C14H23N5O2/c1-3-8-15-13-12(19(20)21)14(17-10-16-13)18(4-2)9-11-6-5-7-11/h10-11H,3-9H2,1-2H3,(H,15,16,17). The molecule has 7 nitrogen and oxygen atoms in total. The Bertz CT molecular complexity index is 490. The highest BCUT2D eigenvalue weighted by Gasteiger charge is 2.28. The Labute approximate surface area is 124 Å². The molecule has 0 amide bonds. The molecule has 1 aliphatic rings. The zero-order valence-electron chi connectivity index (χ0n) is 12.7. The van der Waals surface area contributed by atoms with E-state index in [-0.39, 0.29) is 10.6 Å². The Morgan fingerprint density at radius 2 is 2.19 bits per heavy atom. The van der Waals surface area contributed by atoms with Crippen LogP contribution >= 0.6 is 0 Å². The van der Waals surface area contributed by atoms with E-state index >= 15 is 0 Å². The first-order chi connectivity index (χ1) is 10.2. The van der Waals surface area contributed by atoms with Gasteiger partial charge in [0.15, 0.2) is 0 Å². The predicted octanol–water partition coefficient (Wildman–Crippen LogP) is 2.83. The summed E-state index contributed by atoms with van der Waals surface area (Å²) in [6, 6.07) is 0. The summed E-state index contributed by atoms with van der Waals surface area (Å²) in [6.45, 7) is 6.22. The number of hydrogen-bond donors (Lipinski definition) is 1. The van der Waals surface area contributed by atoms with Gasteiger partial charge in [-0.2, -0.15) is 0 Å². The van der Waals surface area contributed by atoms with Crippen molar-refractivity contribution in [2.45, 2.75) is 39.5 Å². The van der Waals surface area contributed by atoms with Gasteiger partial charge in [0, 0.05) is 19.6 Å². The van der Waals surface area contributed by atoms with Crippen LogP contribution in [-0.4, -0.2) is 34.5 Å². The van der Waals surface area contributed by atoms with E-state index in [0.29, 0.717) is 30.6 Å². The zero-order valence-corrected chi connectivity index (χ0v) is 12.7. The molecule has 1 aromatic heterocycles. The quantitative estimate of drug-likeness (QED) is 0.586. The lowest BCUT2D eigenvalue weighted by Crippen LogP contribution is -2.33. The molecule has 116 valence electrons. The molecule has 2 rings (SSSR count). The topological polar surface area (TPSA) is 84.2 Å². The molecule has 21 heavy (non-hydrogen) atoms. The van der Waals surface area contributed by atoms with Gasteiger partial charge >= 0.3 is 5.69 Å². The molecule has 1 heterocycles. The SMILES string of the molecule is CCCNc1ncnc(N(CC)CC2CCC2)c1[N+](=O)[O-]. The van der Waals surface area contributed by atoms with Crippen molar-refractivity contribution in [2.75, 3.05) is 29.9 Å². The molecule has 1 saturated carbocycles. The maximum absolute atomic E-state index is 11.5. The monoisotopic (exact) mass is 293 g/mol. The van der Waals surface area contributed by atoms with Gasteiger partial charge in [-0.1, -0.05) is 13.3 Å². The Morgan fingerprint density at radius 3 is 2.71 bits per heavy atom. The highest BCUT2D eigenvalue weighted by molar-refractivity contribution is 5.70. The molecule has 0 atom stereocenters. The molecule has 1 fully saturated rings. The first kappa shape index (κ1) is 15.5. The fourth-order valence-corrected chi connectivity index (χ4v) is 2.49. The number of nitrogens with zero attached hydrogens (tertiary/aromatic N) is 4. The summed E-state index contributed by atoms with van der Waals surface area (Å²) in [5, 5.41) is 14.5. The lowest BCUT2D eigenvalue weighted by molar-refractivity contribution is -0.383. The molecule has 1 aliphatic carbocycles. The molecule has 0 radical (unpaired) electrons. The summed E-state index contributed by atoms with van der Waals surface area (Å²) in [4.78, 5) is 21.3. The van der Waals surface area contributed by atoms with Crippen molar-refractivity contribution in [3.63, 3.8) is 0 Å². The van der Waals surface area contributed by atoms with Crippen LogP contribution in [0.5, 0.6) is 0 Å².